The predicted molar refractivity (Wildman–Crippen MR) is 130 cm³/mol. The Morgan fingerprint density at radius 1 is 1.24 bits per heavy atom. The zero-order valence-corrected chi connectivity index (χ0v) is 20.8. The van der Waals surface area contributed by atoms with Crippen LogP contribution in [0, 0.1) is 13.8 Å². The molecule has 0 aliphatic rings. The van der Waals surface area contributed by atoms with Gasteiger partial charge in [0.15, 0.2) is 5.96 Å². The van der Waals surface area contributed by atoms with Crippen LogP contribution in [0.4, 0.5) is 0 Å². The number of benzene rings is 1. The number of nitrogens with one attached hydrogen (secondary N) is 2. The number of halogens is 1. The summed E-state index contributed by atoms with van der Waals surface area (Å²) in [6, 6.07) is 8.12. The van der Waals surface area contributed by atoms with Crippen LogP contribution in [0.5, 0.6) is 5.75 Å². The first-order valence-corrected chi connectivity index (χ1v) is 9.78. The van der Waals surface area contributed by atoms with Gasteiger partial charge < -0.3 is 20.3 Å². The Kier molecular flexibility index (Phi) is 11.0. The molecule has 1 aromatic heterocycles. The predicted octanol–water partition coefficient (Wildman–Crippen LogP) is 2.85. The molecule has 162 valence electrons. The molecule has 0 saturated carbocycles. The van der Waals surface area contributed by atoms with Crippen molar-refractivity contribution in [2.24, 2.45) is 12.0 Å². The Balaban J connectivity index is 0.00000420. The molecule has 0 aliphatic heterocycles. The normalized spacial score (nSPS) is 11.3. The summed E-state index contributed by atoms with van der Waals surface area (Å²) in [6.07, 6.45) is 0. The summed E-state index contributed by atoms with van der Waals surface area (Å²) >= 11 is 0. The van der Waals surface area contributed by atoms with Crippen molar-refractivity contribution < 1.29 is 4.74 Å². The number of hydrogen-bond donors (Lipinski definition) is 2. The fraction of sp³-hybridized carbons (Fsp3) is 0.524. The Morgan fingerprint density at radius 3 is 2.62 bits per heavy atom. The average molecular weight is 514 g/mol. The van der Waals surface area contributed by atoms with E-state index >= 15 is 0 Å². The fourth-order valence-electron chi connectivity index (χ4n) is 2.84. The van der Waals surface area contributed by atoms with E-state index in [4.69, 9.17) is 9.73 Å². The highest BCUT2D eigenvalue weighted by atomic mass is 127. The van der Waals surface area contributed by atoms with Crippen molar-refractivity contribution >= 4 is 29.9 Å². The number of hydrogen-bond acceptors (Lipinski definition) is 4. The van der Waals surface area contributed by atoms with Crippen LogP contribution >= 0.6 is 24.0 Å². The highest BCUT2D eigenvalue weighted by Crippen LogP contribution is 2.14. The SMILES string of the molecule is CCNC(=NCc1cccc(OCCN(C)C)c1)NCc1c(C)nn(C)c1C.I. The van der Waals surface area contributed by atoms with Crippen LogP contribution in [0.25, 0.3) is 0 Å². The third-order valence-corrected chi connectivity index (χ3v) is 4.56. The van der Waals surface area contributed by atoms with Crippen molar-refractivity contribution in [2.75, 3.05) is 33.8 Å². The minimum Gasteiger partial charge on any atom is -0.492 e. The number of guanidine groups is 1. The standard InChI is InChI=1S/C21H34N6O.HI/c1-7-22-21(24-15-20-16(2)25-27(6)17(20)3)23-14-18-9-8-10-19(13-18)28-12-11-26(4)5;/h8-10,13H,7,11-12,14-15H2,1-6H3,(H2,22,23,24);1H. The van der Waals surface area contributed by atoms with Crippen molar-refractivity contribution in [2.45, 2.75) is 33.9 Å². The number of ether oxygens (including phenoxy) is 1. The molecule has 0 atom stereocenters. The highest BCUT2D eigenvalue weighted by molar-refractivity contribution is 14.0. The molecule has 29 heavy (non-hydrogen) atoms. The lowest BCUT2D eigenvalue weighted by Gasteiger charge is -2.13. The van der Waals surface area contributed by atoms with Crippen LogP contribution < -0.4 is 15.4 Å². The van der Waals surface area contributed by atoms with Gasteiger partial charge in [-0.25, -0.2) is 4.99 Å². The molecule has 0 unspecified atom stereocenters. The first-order chi connectivity index (χ1) is 13.4. The number of rotatable bonds is 9. The molecule has 0 bridgehead atoms. The summed E-state index contributed by atoms with van der Waals surface area (Å²) < 4.78 is 7.73. The zero-order valence-electron chi connectivity index (χ0n) is 18.5. The van der Waals surface area contributed by atoms with Gasteiger partial charge in [0.05, 0.1) is 12.2 Å². The lowest BCUT2D eigenvalue weighted by molar-refractivity contribution is 0.261. The van der Waals surface area contributed by atoms with Gasteiger partial charge in [-0.15, -0.1) is 24.0 Å². The summed E-state index contributed by atoms with van der Waals surface area (Å²) in [4.78, 5) is 6.82. The van der Waals surface area contributed by atoms with Gasteiger partial charge in [0.2, 0.25) is 0 Å². The summed E-state index contributed by atoms with van der Waals surface area (Å²) in [6.45, 7) is 9.86. The molecule has 2 aromatic rings. The second-order valence-corrected chi connectivity index (χ2v) is 7.12. The summed E-state index contributed by atoms with van der Waals surface area (Å²) in [7, 11) is 6.05. The quantitative estimate of drug-likeness (QED) is 0.306. The first-order valence-electron chi connectivity index (χ1n) is 9.78. The third kappa shape index (κ3) is 8.22. The van der Waals surface area contributed by atoms with Crippen molar-refractivity contribution in [3.8, 4) is 5.75 Å². The molecule has 7 nitrogen and oxygen atoms in total. The molecule has 1 aromatic carbocycles. The van der Waals surface area contributed by atoms with Crippen LogP contribution in [0.15, 0.2) is 29.3 Å². The van der Waals surface area contributed by atoms with E-state index in [9.17, 15) is 0 Å². The topological polar surface area (TPSA) is 66.7 Å². The smallest absolute Gasteiger partial charge is 0.191 e. The van der Waals surface area contributed by atoms with Crippen molar-refractivity contribution in [3.63, 3.8) is 0 Å². The number of nitrogens with zero attached hydrogens (tertiary/aromatic N) is 4. The minimum absolute atomic E-state index is 0. The lowest BCUT2D eigenvalue weighted by Crippen LogP contribution is -2.37. The Bertz CT molecular complexity index is 787. The first kappa shape index (κ1) is 25.2. The highest BCUT2D eigenvalue weighted by Gasteiger charge is 2.09. The van der Waals surface area contributed by atoms with Crippen molar-refractivity contribution in [1.82, 2.24) is 25.3 Å². The van der Waals surface area contributed by atoms with E-state index in [1.807, 2.05) is 44.9 Å². The van der Waals surface area contributed by atoms with Crippen LogP contribution in [-0.4, -0.2) is 54.4 Å². The van der Waals surface area contributed by atoms with Gasteiger partial charge in [-0.1, -0.05) is 12.1 Å². The van der Waals surface area contributed by atoms with E-state index in [1.54, 1.807) is 0 Å². The molecule has 0 aliphatic carbocycles. The molecule has 0 radical (unpaired) electrons. The van der Waals surface area contributed by atoms with Gasteiger partial charge in [-0.2, -0.15) is 5.10 Å². The van der Waals surface area contributed by atoms with E-state index in [2.05, 4.69) is 46.6 Å². The summed E-state index contributed by atoms with van der Waals surface area (Å²) in [5, 5.41) is 11.2. The maximum absolute atomic E-state index is 5.82. The minimum atomic E-state index is 0. The number of likely N-dealkylation sites (N-methyl/N-ethyl adjacent to an activating group) is 1. The van der Waals surface area contributed by atoms with Crippen LogP contribution in [-0.2, 0) is 20.1 Å². The van der Waals surface area contributed by atoms with Gasteiger partial charge >= 0.3 is 0 Å². The molecule has 2 rings (SSSR count). The average Bonchev–Trinajstić information content (AvgIpc) is 2.89. The molecule has 0 saturated heterocycles. The van der Waals surface area contributed by atoms with Gasteiger partial charge in [0.1, 0.15) is 12.4 Å². The number of aromatic nitrogens is 2. The Morgan fingerprint density at radius 2 is 2.00 bits per heavy atom. The number of aliphatic imine (C=N–C) groups is 1. The zero-order chi connectivity index (χ0) is 20.5. The van der Waals surface area contributed by atoms with E-state index in [-0.39, 0.29) is 24.0 Å². The summed E-state index contributed by atoms with van der Waals surface area (Å²) in [5.74, 6) is 1.68. The lowest BCUT2D eigenvalue weighted by atomic mass is 10.2. The van der Waals surface area contributed by atoms with E-state index in [0.29, 0.717) is 19.7 Å². The van der Waals surface area contributed by atoms with Gasteiger partial charge in [0, 0.05) is 37.9 Å². The molecular formula is C21H35IN6O. The molecular weight excluding hydrogens is 479 g/mol. The second-order valence-electron chi connectivity index (χ2n) is 7.12. The molecule has 0 fully saturated rings. The molecule has 0 amide bonds. The maximum Gasteiger partial charge on any atom is 0.191 e. The molecule has 2 N–H and O–H groups in total. The monoisotopic (exact) mass is 514 g/mol. The van der Waals surface area contributed by atoms with Crippen LogP contribution in [0.2, 0.25) is 0 Å². The van der Waals surface area contributed by atoms with Crippen molar-refractivity contribution in [3.05, 3.63) is 46.8 Å². The van der Waals surface area contributed by atoms with Crippen LogP contribution in [0.3, 0.4) is 0 Å². The fourth-order valence-corrected chi connectivity index (χ4v) is 2.84. The maximum atomic E-state index is 5.82. The Hall–Kier alpha value is -1.81. The second kappa shape index (κ2) is 12.7. The van der Waals surface area contributed by atoms with E-state index in [0.717, 1.165) is 36.1 Å². The van der Waals surface area contributed by atoms with Gasteiger partial charge in [-0.3, -0.25) is 4.68 Å². The van der Waals surface area contributed by atoms with Gasteiger partial charge in [-0.05, 0) is 52.6 Å². The molecule has 8 heteroatoms. The Labute approximate surface area is 191 Å². The summed E-state index contributed by atoms with van der Waals surface area (Å²) in [5.41, 5.74) is 4.55. The van der Waals surface area contributed by atoms with E-state index in [1.165, 1.54) is 11.3 Å². The molecule has 1 heterocycles. The van der Waals surface area contributed by atoms with E-state index < -0.39 is 0 Å². The van der Waals surface area contributed by atoms with Crippen molar-refractivity contribution in [1.29, 1.82) is 0 Å². The largest absolute Gasteiger partial charge is 0.492 e. The molecule has 0 spiro atoms. The van der Waals surface area contributed by atoms with Gasteiger partial charge in [0.25, 0.3) is 0 Å². The van der Waals surface area contributed by atoms with Crippen LogP contribution in [0.1, 0.15) is 29.4 Å². The number of aryl methyl sites for hydroxylation is 2. The third-order valence-electron chi connectivity index (χ3n) is 4.56.